The van der Waals surface area contributed by atoms with E-state index in [-0.39, 0.29) is 17.0 Å². The highest BCUT2D eigenvalue weighted by Crippen LogP contribution is 2.31. The average molecular weight is 343 g/mol. The Balaban J connectivity index is 2.06. The summed E-state index contributed by atoms with van der Waals surface area (Å²) in [5, 5.41) is 9.55. The molecule has 0 aliphatic carbocycles. The number of hydrogen-bond donors (Lipinski definition) is 1. The maximum atomic E-state index is 12.8. The zero-order valence-electron chi connectivity index (χ0n) is 14.5. The molecule has 1 aromatic carbocycles. The lowest BCUT2D eigenvalue weighted by molar-refractivity contribution is 0.0694. The van der Waals surface area contributed by atoms with Crippen LogP contribution < -0.4 is 15.0 Å². The summed E-state index contributed by atoms with van der Waals surface area (Å²) in [6.07, 6.45) is 1.13. The number of aromatic nitrogens is 1. The van der Waals surface area contributed by atoms with E-state index < -0.39 is 5.97 Å². The van der Waals surface area contributed by atoms with Gasteiger partial charge in [-0.3, -0.25) is 4.79 Å². The third kappa shape index (κ3) is 2.99. The van der Waals surface area contributed by atoms with Crippen LogP contribution in [0, 0.1) is 0 Å². The summed E-state index contributed by atoms with van der Waals surface area (Å²) in [6.45, 7) is 2.52. The molecule has 0 amide bonds. The van der Waals surface area contributed by atoms with Crippen LogP contribution in [0.25, 0.3) is 0 Å². The van der Waals surface area contributed by atoms with Crippen molar-refractivity contribution in [2.24, 2.45) is 0 Å². The predicted molar refractivity (Wildman–Crippen MR) is 93.0 cm³/mol. The second-order valence-corrected chi connectivity index (χ2v) is 6.29. The molecule has 132 valence electrons. The van der Waals surface area contributed by atoms with Gasteiger partial charge in [-0.2, -0.15) is 0 Å². The van der Waals surface area contributed by atoms with Gasteiger partial charge in [-0.15, -0.1) is 0 Å². The first kappa shape index (κ1) is 17.1. The van der Waals surface area contributed by atoms with Gasteiger partial charge in [-0.1, -0.05) is 13.0 Å². The number of pyridine rings is 1. The number of ether oxygens (including phenoxy) is 2. The van der Waals surface area contributed by atoms with E-state index in [0.29, 0.717) is 35.7 Å². The minimum atomic E-state index is -0.994. The SMILES string of the molecule is COc1ccc(Cc2cc(C(=O)O)c3n(c2=O)CCC3C)cc1OC. The lowest BCUT2D eigenvalue weighted by atomic mass is 9.98. The number of carbonyl (C=O) groups is 1. The van der Waals surface area contributed by atoms with Crippen molar-refractivity contribution in [1.82, 2.24) is 4.57 Å². The fraction of sp³-hybridized carbons (Fsp3) is 0.368. The number of benzene rings is 1. The van der Waals surface area contributed by atoms with Crippen LogP contribution in [0.15, 0.2) is 29.1 Å². The topological polar surface area (TPSA) is 77.8 Å². The summed E-state index contributed by atoms with van der Waals surface area (Å²) in [6, 6.07) is 6.95. The molecule has 1 N–H and O–H groups in total. The van der Waals surface area contributed by atoms with E-state index in [0.717, 1.165) is 12.0 Å². The Labute approximate surface area is 145 Å². The Morgan fingerprint density at radius 3 is 2.60 bits per heavy atom. The fourth-order valence-electron chi connectivity index (χ4n) is 3.46. The highest BCUT2D eigenvalue weighted by molar-refractivity contribution is 5.89. The molecule has 6 heteroatoms. The molecular formula is C19H21NO5. The number of aromatic carboxylic acids is 1. The van der Waals surface area contributed by atoms with Crippen molar-refractivity contribution in [3.8, 4) is 11.5 Å². The van der Waals surface area contributed by atoms with E-state index in [1.807, 2.05) is 13.0 Å². The van der Waals surface area contributed by atoms with Crippen LogP contribution in [0.2, 0.25) is 0 Å². The summed E-state index contributed by atoms with van der Waals surface area (Å²) in [5.74, 6) is 0.269. The van der Waals surface area contributed by atoms with Gasteiger partial charge in [0, 0.05) is 24.2 Å². The standard InChI is InChI=1S/C19H21NO5/c1-11-6-7-20-17(11)14(19(22)23)10-13(18(20)21)8-12-4-5-15(24-2)16(9-12)25-3/h4-5,9-11H,6-8H2,1-3H3,(H,22,23). The number of fused-ring (bicyclic) bond motifs is 1. The van der Waals surface area contributed by atoms with Crippen molar-refractivity contribution in [3.05, 3.63) is 57.0 Å². The van der Waals surface area contributed by atoms with Crippen molar-refractivity contribution in [2.45, 2.75) is 32.2 Å². The van der Waals surface area contributed by atoms with E-state index in [4.69, 9.17) is 9.47 Å². The lowest BCUT2D eigenvalue weighted by Crippen LogP contribution is -2.26. The number of hydrogen-bond acceptors (Lipinski definition) is 4. The highest BCUT2D eigenvalue weighted by Gasteiger charge is 2.27. The van der Waals surface area contributed by atoms with Gasteiger partial charge in [0.2, 0.25) is 0 Å². The van der Waals surface area contributed by atoms with E-state index in [1.165, 1.54) is 6.07 Å². The Hall–Kier alpha value is -2.76. The molecule has 0 fully saturated rings. The van der Waals surface area contributed by atoms with Crippen LogP contribution in [-0.4, -0.2) is 29.9 Å². The molecule has 0 radical (unpaired) electrons. The number of rotatable bonds is 5. The third-order valence-corrected chi connectivity index (χ3v) is 4.73. The molecule has 0 saturated carbocycles. The van der Waals surface area contributed by atoms with Gasteiger partial charge in [0.1, 0.15) is 0 Å². The summed E-state index contributed by atoms with van der Waals surface area (Å²) >= 11 is 0. The second-order valence-electron chi connectivity index (χ2n) is 6.29. The number of nitrogens with zero attached hydrogens (tertiary/aromatic N) is 1. The van der Waals surface area contributed by atoms with Crippen LogP contribution in [0.1, 0.15) is 46.4 Å². The summed E-state index contributed by atoms with van der Waals surface area (Å²) < 4.78 is 12.1. The fourth-order valence-corrected chi connectivity index (χ4v) is 3.46. The molecule has 1 atom stereocenters. The first-order chi connectivity index (χ1) is 12.0. The van der Waals surface area contributed by atoms with Gasteiger partial charge in [0.05, 0.1) is 19.8 Å². The van der Waals surface area contributed by atoms with Crippen LogP contribution in [0.5, 0.6) is 11.5 Å². The molecule has 1 aromatic heterocycles. The lowest BCUT2D eigenvalue weighted by Gasteiger charge is -2.13. The maximum absolute atomic E-state index is 12.8. The number of methoxy groups -OCH3 is 2. The normalized spacial score (nSPS) is 15.7. The zero-order chi connectivity index (χ0) is 18.1. The van der Waals surface area contributed by atoms with E-state index in [1.54, 1.807) is 30.9 Å². The molecule has 25 heavy (non-hydrogen) atoms. The van der Waals surface area contributed by atoms with E-state index >= 15 is 0 Å². The monoisotopic (exact) mass is 343 g/mol. The van der Waals surface area contributed by atoms with Gasteiger partial charge >= 0.3 is 5.97 Å². The average Bonchev–Trinajstić information content (AvgIpc) is 2.99. The van der Waals surface area contributed by atoms with Crippen molar-refractivity contribution in [3.63, 3.8) is 0 Å². The highest BCUT2D eigenvalue weighted by atomic mass is 16.5. The van der Waals surface area contributed by atoms with Crippen LogP contribution in [0.3, 0.4) is 0 Å². The van der Waals surface area contributed by atoms with E-state index in [2.05, 4.69) is 0 Å². The van der Waals surface area contributed by atoms with Crippen LogP contribution >= 0.6 is 0 Å². The molecule has 1 aliphatic heterocycles. The van der Waals surface area contributed by atoms with Gasteiger partial charge in [-0.25, -0.2) is 4.79 Å². The van der Waals surface area contributed by atoms with Gasteiger partial charge in [0.25, 0.3) is 5.56 Å². The van der Waals surface area contributed by atoms with Gasteiger partial charge < -0.3 is 19.1 Å². The number of carboxylic acid groups (broad SMARTS) is 1. The van der Waals surface area contributed by atoms with E-state index in [9.17, 15) is 14.7 Å². The molecule has 6 nitrogen and oxygen atoms in total. The summed E-state index contributed by atoms with van der Waals surface area (Å²) in [7, 11) is 3.11. The molecule has 0 spiro atoms. The molecule has 1 unspecified atom stereocenters. The largest absolute Gasteiger partial charge is 0.493 e. The zero-order valence-corrected chi connectivity index (χ0v) is 14.5. The molecule has 3 rings (SSSR count). The summed E-state index contributed by atoms with van der Waals surface area (Å²) in [4.78, 5) is 24.4. The smallest absolute Gasteiger partial charge is 0.337 e. The van der Waals surface area contributed by atoms with Crippen molar-refractivity contribution < 1.29 is 19.4 Å². The molecule has 2 heterocycles. The van der Waals surface area contributed by atoms with Crippen LogP contribution in [-0.2, 0) is 13.0 Å². The Morgan fingerprint density at radius 1 is 1.24 bits per heavy atom. The first-order valence-corrected chi connectivity index (χ1v) is 8.17. The molecule has 2 aromatic rings. The van der Waals surface area contributed by atoms with Gasteiger partial charge in [-0.05, 0) is 36.1 Å². The van der Waals surface area contributed by atoms with Crippen LogP contribution in [0.4, 0.5) is 0 Å². The second kappa shape index (κ2) is 6.63. The Bertz CT molecular complexity index is 884. The molecular weight excluding hydrogens is 322 g/mol. The third-order valence-electron chi connectivity index (χ3n) is 4.73. The molecule has 1 aliphatic rings. The summed E-state index contributed by atoms with van der Waals surface area (Å²) in [5.41, 5.74) is 2.08. The van der Waals surface area contributed by atoms with Crippen molar-refractivity contribution in [2.75, 3.05) is 14.2 Å². The number of carboxylic acids is 1. The molecule has 0 bridgehead atoms. The Morgan fingerprint density at radius 2 is 1.96 bits per heavy atom. The quantitative estimate of drug-likeness (QED) is 0.903. The van der Waals surface area contributed by atoms with Gasteiger partial charge in [0.15, 0.2) is 11.5 Å². The minimum Gasteiger partial charge on any atom is -0.493 e. The maximum Gasteiger partial charge on any atom is 0.337 e. The first-order valence-electron chi connectivity index (χ1n) is 8.17. The van der Waals surface area contributed by atoms with Crippen molar-refractivity contribution in [1.29, 1.82) is 0 Å². The van der Waals surface area contributed by atoms with Crippen molar-refractivity contribution >= 4 is 5.97 Å². The Kier molecular flexibility index (Phi) is 4.53. The predicted octanol–water partition coefficient (Wildman–Crippen LogP) is 2.66. The molecule has 0 saturated heterocycles. The minimum absolute atomic E-state index is 0.0777.